The summed E-state index contributed by atoms with van der Waals surface area (Å²) in [5.41, 5.74) is 9.96. The predicted octanol–water partition coefficient (Wildman–Crippen LogP) is 2.99. The number of guanidine groups is 1. The van der Waals surface area contributed by atoms with E-state index in [0.29, 0.717) is 24.7 Å². The number of nitrogens with one attached hydrogen (secondary N) is 1. The van der Waals surface area contributed by atoms with Gasteiger partial charge in [-0.15, -0.1) is 0 Å². The quantitative estimate of drug-likeness (QED) is 0.585. The second kappa shape index (κ2) is 7.54. The van der Waals surface area contributed by atoms with Crippen molar-refractivity contribution in [2.24, 2.45) is 10.7 Å². The molecule has 0 aliphatic carbocycles. The lowest BCUT2D eigenvalue weighted by molar-refractivity contribution is 0.370. The van der Waals surface area contributed by atoms with Crippen LogP contribution < -0.4 is 15.8 Å². The number of benzene rings is 2. The average molecular weight is 313 g/mol. The van der Waals surface area contributed by atoms with Crippen LogP contribution in [0.15, 0.2) is 41.4 Å². The number of rotatable bonds is 5. The number of hydrogen-bond acceptors (Lipinski definition) is 3. The van der Waals surface area contributed by atoms with E-state index in [1.807, 2.05) is 38.1 Å². The molecule has 0 aromatic heterocycles. The van der Waals surface area contributed by atoms with Crippen molar-refractivity contribution in [1.29, 1.82) is 0 Å². The minimum absolute atomic E-state index is 0.158. The lowest BCUT2D eigenvalue weighted by Crippen LogP contribution is -2.23. The summed E-state index contributed by atoms with van der Waals surface area (Å²) in [7, 11) is 1.53. The summed E-state index contributed by atoms with van der Waals surface area (Å²) in [5.74, 6) is 0.983. The molecule has 4 N–H and O–H groups in total. The van der Waals surface area contributed by atoms with E-state index in [2.05, 4.69) is 16.4 Å². The van der Waals surface area contributed by atoms with Crippen molar-refractivity contribution in [1.82, 2.24) is 0 Å². The van der Waals surface area contributed by atoms with Gasteiger partial charge in [-0.3, -0.25) is 4.99 Å². The number of phenolic OH excluding ortho intramolecular Hbond substituents is 1. The van der Waals surface area contributed by atoms with E-state index in [1.54, 1.807) is 6.07 Å². The molecule has 0 saturated carbocycles. The van der Waals surface area contributed by atoms with Crippen molar-refractivity contribution in [2.75, 3.05) is 19.0 Å². The highest BCUT2D eigenvalue weighted by Gasteiger charge is 2.06. The number of ether oxygens (including phenoxy) is 1. The van der Waals surface area contributed by atoms with Crippen LogP contribution in [0.5, 0.6) is 11.5 Å². The molecule has 0 atom stereocenters. The summed E-state index contributed by atoms with van der Waals surface area (Å²) in [5, 5.41) is 13.1. The topological polar surface area (TPSA) is 79.9 Å². The van der Waals surface area contributed by atoms with Crippen molar-refractivity contribution in [2.45, 2.75) is 20.3 Å². The Balaban J connectivity index is 1.97. The van der Waals surface area contributed by atoms with Gasteiger partial charge in [0.05, 0.1) is 7.11 Å². The minimum atomic E-state index is 0.158. The largest absolute Gasteiger partial charge is 0.504 e. The van der Waals surface area contributed by atoms with Gasteiger partial charge in [-0.25, -0.2) is 0 Å². The van der Waals surface area contributed by atoms with Crippen LogP contribution in [-0.2, 0) is 6.42 Å². The van der Waals surface area contributed by atoms with E-state index in [1.165, 1.54) is 18.2 Å². The highest BCUT2D eigenvalue weighted by Crippen LogP contribution is 2.29. The van der Waals surface area contributed by atoms with Gasteiger partial charge in [0.25, 0.3) is 0 Å². The number of phenols is 1. The lowest BCUT2D eigenvalue weighted by Gasteiger charge is -2.09. The van der Waals surface area contributed by atoms with Gasteiger partial charge < -0.3 is 20.9 Å². The standard InChI is InChI=1S/C18H23N3O2/c1-12-9-13(2)11-15(10-12)21-18(19)20-8-7-14-5-4-6-16(23-3)17(14)22/h4-6,9-11,22H,7-8H2,1-3H3,(H3,19,20,21). The molecule has 0 spiro atoms. The van der Waals surface area contributed by atoms with Crippen molar-refractivity contribution < 1.29 is 9.84 Å². The molecule has 122 valence electrons. The van der Waals surface area contributed by atoms with Crippen LogP contribution in [0.1, 0.15) is 16.7 Å². The average Bonchev–Trinajstić information content (AvgIpc) is 2.48. The molecule has 0 amide bonds. The van der Waals surface area contributed by atoms with E-state index in [-0.39, 0.29) is 5.75 Å². The fourth-order valence-electron chi connectivity index (χ4n) is 2.47. The maximum absolute atomic E-state index is 10.0. The molecule has 23 heavy (non-hydrogen) atoms. The normalized spacial score (nSPS) is 11.3. The summed E-state index contributed by atoms with van der Waals surface area (Å²) in [6.07, 6.45) is 0.582. The molecule has 0 unspecified atom stereocenters. The van der Waals surface area contributed by atoms with Gasteiger partial charge in [0.2, 0.25) is 0 Å². The first kappa shape index (κ1) is 16.7. The maximum Gasteiger partial charge on any atom is 0.193 e. The van der Waals surface area contributed by atoms with E-state index in [4.69, 9.17) is 10.5 Å². The third-order valence-corrected chi connectivity index (χ3v) is 3.46. The molecule has 2 aromatic rings. The molecule has 0 aliphatic heterocycles. The van der Waals surface area contributed by atoms with Crippen LogP contribution in [0.3, 0.4) is 0 Å². The zero-order valence-corrected chi connectivity index (χ0v) is 13.8. The van der Waals surface area contributed by atoms with Crippen LogP contribution in [0, 0.1) is 13.8 Å². The summed E-state index contributed by atoms with van der Waals surface area (Å²) < 4.78 is 5.09. The van der Waals surface area contributed by atoms with E-state index < -0.39 is 0 Å². The van der Waals surface area contributed by atoms with E-state index in [0.717, 1.165) is 11.3 Å². The summed E-state index contributed by atoms with van der Waals surface area (Å²) >= 11 is 0. The Morgan fingerprint density at radius 3 is 2.57 bits per heavy atom. The molecule has 5 nitrogen and oxygen atoms in total. The molecule has 0 heterocycles. The Hall–Kier alpha value is -2.69. The number of methoxy groups -OCH3 is 1. The lowest BCUT2D eigenvalue weighted by atomic mass is 10.1. The molecular weight excluding hydrogens is 290 g/mol. The molecule has 5 heteroatoms. The highest BCUT2D eigenvalue weighted by molar-refractivity contribution is 5.92. The third-order valence-electron chi connectivity index (χ3n) is 3.46. The number of aromatic hydroxyl groups is 1. The second-order valence-electron chi connectivity index (χ2n) is 5.49. The Bertz CT molecular complexity index is 691. The summed E-state index contributed by atoms with van der Waals surface area (Å²) in [6, 6.07) is 11.5. The number of aliphatic imine (C=N–C) groups is 1. The third kappa shape index (κ3) is 4.64. The number of nitrogens with zero attached hydrogens (tertiary/aromatic N) is 1. The Kier molecular flexibility index (Phi) is 5.46. The van der Waals surface area contributed by atoms with Gasteiger partial charge in [-0.05, 0) is 55.2 Å². The Labute approximate surface area is 136 Å². The highest BCUT2D eigenvalue weighted by atomic mass is 16.5. The van der Waals surface area contributed by atoms with Crippen LogP contribution in [0.4, 0.5) is 5.69 Å². The number of para-hydroxylation sites is 1. The molecule has 0 aliphatic rings. The Morgan fingerprint density at radius 1 is 1.22 bits per heavy atom. The van der Waals surface area contributed by atoms with Gasteiger partial charge in [-0.1, -0.05) is 18.2 Å². The summed E-state index contributed by atoms with van der Waals surface area (Å²) in [4.78, 5) is 4.30. The fraction of sp³-hybridized carbons (Fsp3) is 0.278. The van der Waals surface area contributed by atoms with Crippen molar-refractivity contribution in [3.05, 3.63) is 53.1 Å². The van der Waals surface area contributed by atoms with Gasteiger partial charge in [0, 0.05) is 12.2 Å². The first-order valence-electron chi connectivity index (χ1n) is 7.49. The van der Waals surface area contributed by atoms with Crippen molar-refractivity contribution in [3.63, 3.8) is 0 Å². The monoisotopic (exact) mass is 313 g/mol. The smallest absolute Gasteiger partial charge is 0.193 e. The molecule has 0 saturated heterocycles. The van der Waals surface area contributed by atoms with Gasteiger partial charge in [0.1, 0.15) is 0 Å². The number of anilines is 1. The predicted molar refractivity (Wildman–Crippen MR) is 94.4 cm³/mol. The number of hydrogen-bond donors (Lipinski definition) is 3. The number of nitrogens with two attached hydrogens (primary N) is 1. The summed E-state index contributed by atoms with van der Waals surface area (Å²) in [6.45, 7) is 4.55. The van der Waals surface area contributed by atoms with Crippen LogP contribution >= 0.6 is 0 Å². The first-order chi connectivity index (χ1) is 11.0. The molecule has 2 rings (SSSR count). The van der Waals surface area contributed by atoms with Crippen LogP contribution in [0.25, 0.3) is 0 Å². The second-order valence-corrected chi connectivity index (χ2v) is 5.49. The van der Waals surface area contributed by atoms with Gasteiger partial charge in [-0.2, -0.15) is 0 Å². The maximum atomic E-state index is 10.0. The SMILES string of the molecule is COc1cccc(CCN=C(N)Nc2cc(C)cc(C)c2)c1O. The van der Waals surface area contributed by atoms with Gasteiger partial charge in [0.15, 0.2) is 17.5 Å². The minimum Gasteiger partial charge on any atom is -0.504 e. The molecule has 0 radical (unpaired) electrons. The van der Waals surface area contributed by atoms with E-state index >= 15 is 0 Å². The first-order valence-corrected chi connectivity index (χ1v) is 7.49. The molecule has 0 bridgehead atoms. The van der Waals surface area contributed by atoms with Crippen LogP contribution in [-0.4, -0.2) is 24.7 Å². The fourth-order valence-corrected chi connectivity index (χ4v) is 2.47. The zero-order valence-electron chi connectivity index (χ0n) is 13.8. The zero-order chi connectivity index (χ0) is 16.8. The molecule has 0 fully saturated rings. The number of aryl methyl sites for hydroxylation is 2. The molecule has 2 aromatic carbocycles. The van der Waals surface area contributed by atoms with Crippen LogP contribution in [0.2, 0.25) is 0 Å². The van der Waals surface area contributed by atoms with Gasteiger partial charge >= 0.3 is 0 Å². The van der Waals surface area contributed by atoms with Crippen molar-refractivity contribution in [3.8, 4) is 11.5 Å². The molecular formula is C18H23N3O2. The Morgan fingerprint density at radius 2 is 1.91 bits per heavy atom. The van der Waals surface area contributed by atoms with E-state index in [9.17, 15) is 5.11 Å². The van der Waals surface area contributed by atoms with Crippen molar-refractivity contribution >= 4 is 11.6 Å².